The maximum atomic E-state index is 11.6. The molecule has 1 aromatic rings. The highest BCUT2D eigenvalue weighted by atomic mass is 32.2. The van der Waals surface area contributed by atoms with Gasteiger partial charge >= 0.3 is 5.91 Å². The van der Waals surface area contributed by atoms with Gasteiger partial charge in [0.2, 0.25) is 15.9 Å². The molecule has 2 N–H and O–H groups in total. The third-order valence-electron chi connectivity index (χ3n) is 2.63. The fourth-order valence-corrected chi connectivity index (χ4v) is 2.14. The molecule has 2 rings (SSSR count). The van der Waals surface area contributed by atoms with E-state index in [1.54, 1.807) is 0 Å². The van der Waals surface area contributed by atoms with Gasteiger partial charge in [-0.1, -0.05) is 5.16 Å². The normalized spacial score (nSPS) is 19.9. The van der Waals surface area contributed by atoms with Crippen molar-refractivity contribution in [2.75, 3.05) is 12.3 Å². The maximum Gasteiger partial charge on any atom is 0.306 e. The van der Waals surface area contributed by atoms with Gasteiger partial charge in [0.05, 0.1) is 11.8 Å². The van der Waals surface area contributed by atoms with Gasteiger partial charge in [0, 0.05) is 0 Å². The van der Waals surface area contributed by atoms with Crippen LogP contribution in [-0.4, -0.2) is 36.8 Å². The first-order valence-corrected chi connectivity index (χ1v) is 7.29. The number of rotatable bonds is 4. The van der Waals surface area contributed by atoms with Crippen LogP contribution in [0.25, 0.3) is 0 Å². The van der Waals surface area contributed by atoms with E-state index in [0.717, 1.165) is 19.4 Å². The number of amides is 1. The Balaban J connectivity index is 2.07. The van der Waals surface area contributed by atoms with Gasteiger partial charge in [0.1, 0.15) is 0 Å². The minimum Gasteiger partial charge on any atom is -0.337 e. The third kappa shape index (κ3) is 2.85. The van der Waals surface area contributed by atoms with Gasteiger partial charge in [-0.25, -0.2) is 13.1 Å². The topological polar surface area (TPSA) is 114 Å². The van der Waals surface area contributed by atoms with E-state index < -0.39 is 15.9 Å². The van der Waals surface area contributed by atoms with Crippen LogP contribution in [0.5, 0.6) is 0 Å². The lowest BCUT2D eigenvalue weighted by Crippen LogP contribution is -2.32. The fraction of sp³-hybridized carbons (Fsp3) is 0.667. The van der Waals surface area contributed by atoms with Crippen LogP contribution in [0.2, 0.25) is 0 Å². The van der Waals surface area contributed by atoms with E-state index in [-0.39, 0.29) is 17.6 Å². The molecular formula is C9H14N4O4S. The summed E-state index contributed by atoms with van der Waals surface area (Å²) in [4.78, 5) is 15.4. The quantitative estimate of drug-likeness (QED) is 0.765. The average molecular weight is 274 g/mol. The Morgan fingerprint density at radius 1 is 1.61 bits per heavy atom. The predicted molar refractivity (Wildman–Crippen MR) is 61.2 cm³/mol. The number of carbonyl (C=O) groups excluding carboxylic acids is 1. The summed E-state index contributed by atoms with van der Waals surface area (Å²) >= 11 is 0. The lowest BCUT2D eigenvalue weighted by molar-refractivity contribution is 0.0968. The first-order valence-electron chi connectivity index (χ1n) is 5.63. The molecule has 0 bridgehead atoms. The molecule has 1 aliphatic heterocycles. The molecule has 0 radical (unpaired) electrons. The highest BCUT2D eigenvalue weighted by Crippen LogP contribution is 2.20. The largest absolute Gasteiger partial charge is 0.337 e. The van der Waals surface area contributed by atoms with Crippen LogP contribution in [-0.2, 0) is 10.0 Å². The number of nitrogens with one attached hydrogen (secondary N) is 2. The van der Waals surface area contributed by atoms with E-state index >= 15 is 0 Å². The predicted octanol–water partition coefficient (Wildman–Crippen LogP) is -0.426. The van der Waals surface area contributed by atoms with Crippen molar-refractivity contribution in [3.05, 3.63) is 11.7 Å². The minimum absolute atomic E-state index is 0.0539. The van der Waals surface area contributed by atoms with Crippen molar-refractivity contribution in [1.29, 1.82) is 0 Å². The van der Waals surface area contributed by atoms with E-state index in [1.807, 2.05) is 4.72 Å². The number of hydrogen-bond acceptors (Lipinski definition) is 7. The van der Waals surface area contributed by atoms with Gasteiger partial charge in [-0.3, -0.25) is 4.79 Å². The molecule has 8 nitrogen and oxygen atoms in total. The lowest BCUT2D eigenvalue weighted by atomic mass is 10.2. The van der Waals surface area contributed by atoms with Crippen molar-refractivity contribution in [1.82, 2.24) is 20.2 Å². The van der Waals surface area contributed by atoms with Gasteiger partial charge < -0.3 is 9.84 Å². The van der Waals surface area contributed by atoms with Crippen molar-refractivity contribution in [3.8, 4) is 0 Å². The van der Waals surface area contributed by atoms with Crippen LogP contribution in [0.1, 0.15) is 42.3 Å². The smallest absolute Gasteiger partial charge is 0.306 e. The Bertz CT molecular complexity index is 533. The molecule has 0 spiro atoms. The summed E-state index contributed by atoms with van der Waals surface area (Å²) in [5.41, 5.74) is 0. The molecule has 1 aromatic heterocycles. The number of hydrogen-bond donors (Lipinski definition) is 2. The number of sulfonamides is 1. The minimum atomic E-state index is -3.61. The molecule has 100 valence electrons. The van der Waals surface area contributed by atoms with E-state index in [4.69, 9.17) is 4.52 Å². The summed E-state index contributed by atoms with van der Waals surface area (Å²) in [6, 6.07) is -0.0539. The van der Waals surface area contributed by atoms with Crippen LogP contribution in [0.15, 0.2) is 4.52 Å². The van der Waals surface area contributed by atoms with Gasteiger partial charge in [0.15, 0.2) is 0 Å². The van der Waals surface area contributed by atoms with Crippen LogP contribution in [0.3, 0.4) is 0 Å². The Morgan fingerprint density at radius 3 is 3.00 bits per heavy atom. The van der Waals surface area contributed by atoms with Crippen molar-refractivity contribution in [2.24, 2.45) is 0 Å². The first kappa shape index (κ1) is 13.0. The van der Waals surface area contributed by atoms with Crippen LogP contribution in [0, 0.1) is 0 Å². The molecule has 1 unspecified atom stereocenters. The second-order valence-corrected chi connectivity index (χ2v) is 5.95. The van der Waals surface area contributed by atoms with Crippen molar-refractivity contribution in [2.45, 2.75) is 25.8 Å². The summed E-state index contributed by atoms with van der Waals surface area (Å²) in [6.07, 6.45) is 1.86. The summed E-state index contributed by atoms with van der Waals surface area (Å²) < 4.78 is 29.2. The molecule has 0 saturated carbocycles. The van der Waals surface area contributed by atoms with Gasteiger partial charge in [-0.2, -0.15) is 4.98 Å². The SMILES string of the molecule is CCS(=O)(=O)NC(=O)c1noc(C2CCCN2)n1. The summed E-state index contributed by atoms with van der Waals surface area (Å²) in [6.45, 7) is 2.29. The fourth-order valence-electron chi connectivity index (χ4n) is 1.62. The summed E-state index contributed by atoms with van der Waals surface area (Å²) in [5.74, 6) is -1.01. The first-order chi connectivity index (χ1) is 8.52. The van der Waals surface area contributed by atoms with Gasteiger partial charge in [0.25, 0.3) is 5.82 Å². The monoisotopic (exact) mass is 274 g/mol. The van der Waals surface area contributed by atoms with Crippen molar-refractivity contribution in [3.63, 3.8) is 0 Å². The Morgan fingerprint density at radius 2 is 2.39 bits per heavy atom. The molecule has 18 heavy (non-hydrogen) atoms. The molecule has 1 amide bonds. The Hall–Kier alpha value is -1.48. The molecule has 1 fully saturated rings. The maximum absolute atomic E-state index is 11.6. The second kappa shape index (κ2) is 5.02. The van der Waals surface area contributed by atoms with Crippen LogP contribution < -0.4 is 10.0 Å². The second-order valence-electron chi connectivity index (χ2n) is 3.94. The summed E-state index contributed by atoms with van der Waals surface area (Å²) in [5, 5.41) is 6.61. The third-order valence-corrected chi connectivity index (χ3v) is 3.89. The molecule has 0 aromatic carbocycles. The highest BCUT2D eigenvalue weighted by Gasteiger charge is 2.25. The van der Waals surface area contributed by atoms with Crippen molar-refractivity contribution < 1.29 is 17.7 Å². The molecule has 1 aliphatic rings. The van der Waals surface area contributed by atoms with E-state index in [0.29, 0.717) is 5.89 Å². The van der Waals surface area contributed by atoms with Gasteiger partial charge in [-0.05, 0) is 26.3 Å². The van der Waals surface area contributed by atoms with Crippen LogP contribution in [0.4, 0.5) is 0 Å². The van der Waals surface area contributed by atoms with Crippen molar-refractivity contribution >= 4 is 15.9 Å². The number of aromatic nitrogens is 2. The summed E-state index contributed by atoms with van der Waals surface area (Å²) in [7, 11) is -3.61. The molecule has 9 heteroatoms. The number of carbonyl (C=O) groups is 1. The van der Waals surface area contributed by atoms with E-state index in [1.165, 1.54) is 6.92 Å². The average Bonchev–Trinajstić information content (AvgIpc) is 2.99. The Kier molecular flexibility index (Phi) is 3.62. The molecule has 0 aliphatic carbocycles. The molecular weight excluding hydrogens is 260 g/mol. The lowest BCUT2D eigenvalue weighted by Gasteiger charge is -2.01. The van der Waals surface area contributed by atoms with Gasteiger partial charge in [-0.15, -0.1) is 0 Å². The van der Waals surface area contributed by atoms with E-state index in [9.17, 15) is 13.2 Å². The number of nitrogens with zero attached hydrogens (tertiary/aromatic N) is 2. The zero-order valence-corrected chi connectivity index (χ0v) is 10.7. The molecule has 1 atom stereocenters. The molecule has 2 heterocycles. The van der Waals surface area contributed by atoms with Crippen LogP contribution >= 0.6 is 0 Å². The van der Waals surface area contributed by atoms with E-state index in [2.05, 4.69) is 15.5 Å². The standard InChI is InChI=1S/C9H14N4O4S/c1-2-18(15,16)13-8(14)7-11-9(17-12-7)6-4-3-5-10-6/h6,10H,2-5H2,1H3,(H,13,14). The molecule has 1 saturated heterocycles. The zero-order chi connectivity index (χ0) is 13.2. The Labute approximate surface area is 104 Å². The zero-order valence-electron chi connectivity index (χ0n) is 9.84. The highest BCUT2D eigenvalue weighted by molar-refractivity contribution is 7.90.